The Balaban J connectivity index is 1.44. The second kappa shape index (κ2) is 12.7. The van der Waals surface area contributed by atoms with Gasteiger partial charge in [-0.3, -0.25) is 9.69 Å². The lowest BCUT2D eigenvalue weighted by Gasteiger charge is -2.30. The Morgan fingerprint density at radius 3 is 2.47 bits per heavy atom. The van der Waals surface area contributed by atoms with Gasteiger partial charge in [0.15, 0.2) is 11.5 Å². The van der Waals surface area contributed by atoms with E-state index >= 15 is 0 Å². The van der Waals surface area contributed by atoms with E-state index in [0.29, 0.717) is 49.1 Å². The fourth-order valence-corrected chi connectivity index (χ4v) is 4.59. The molecule has 1 aliphatic rings. The predicted molar refractivity (Wildman–Crippen MR) is 134 cm³/mol. The number of hydrogen-bond donors (Lipinski definition) is 0. The third kappa shape index (κ3) is 6.71. The summed E-state index contributed by atoms with van der Waals surface area (Å²) in [6, 6.07) is 11.1. The molecule has 0 N–H and O–H groups in total. The largest absolute Gasteiger partial charge is 0.493 e. The summed E-state index contributed by atoms with van der Waals surface area (Å²) in [5.74, 6) is 1.13. The summed E-state index contributed by atoms with van der Waals surface area (Å²) in [7, 11) is 3.15. The molecule has 0 unspecified atom stereocenters. The van der Waals surface area contributed by atoms with Gasteiger partial charge in [-0.25, -0.2) is 9.37 Å². The van der Waals surface area contributed by atoms with Crippen molar-refractivity contribution in [2.75, 3.05) is 53.6 Å². The lowest BCUT2D eigenvalue weighted by Crippen LogP contribution is -2.43. The van der Waals surface area contributed by atoms with Crippen molar-refractivity contribution >= 4 is 17.2 Å². The molecule has 0 bridgehead atoms. The van der Waals surface area contributed by atoms with Crippen LogP contribution < -0.4 is 14.2 Å². The van der Waals surface area contributed by atoms with Gasteiger partial charge in [-0.1, -0.05) is 6.07 Å². The van der Waals surface area contributed by atoms with Gasteiger partial charge in [-0.05, 0) is 36.4 Å². The molecule has 3 aromatic rings. The summed E-state index contributed by atoms with van der Waals surface area (Å²) in [6.07, 6.45) is 0. The Morgan fingerprint density at radius 2 is 1.81 bits per heavy atom. The maximum Gasteiger partial charge on any atom is 0.254 e. The van der Waals surface area contributed by atoms with Crippen LogP contribution >= 0.6 is 11.3 Å². The van der Waals surface area contributed by atoms with Gasteiger partial charge in [0.25, 0.3) is 5.91 Å². The molecule has 1 amide bonds. The van der Waals surface area contributed by atoms with Gasteiger partial charge < -0.3 is 23.8 Å². The van der Waals surface area contributed by atoms with E-state index in [1.54, 1.807) is 31.3 Å². The number of carbonyl (C=O) groups is 1. The average Bonchev–Trinajstić information content (AvgIpc) is 3.37. The van der Waals surface area contributed by atoms with Gasteiger partial charge in [0.2, 0.25) is 5.75 Å². The number of methoxy groups -OCH3 is 2. The average molecular weight is 516 g/mol. The fraction of sp³-hybridized carbons (Fsp3) is 0.385. The van der Waals surface area contributed by atoms with E-state index in [1.807, 2.05) is 11.4 Å². The number of aromatic nitrogens is 1. The first-order valence-corrected chi connectivity index (χ1v) is 12.6. The summed E-state index contributed by atoms with van der Waals surface area (Å²) in [5.41, 5.74) is 1.21. The van der Waals surface area contributed by atoms with Crippen LogP contribution in [0.5, 0.6) is 17.2 Å². The number of benzene rings is 2. The van der Waals surface area contributed by atoms with E-state index in [-0.39, 0.29) is 18.3 Å². The highest BCUT2D eigenvalue weighted by Crippen LogP contribution is 2.37. The molecule has 1 aromatic heterocycles. The summed E-state index contributed by atoms with van der Waals surface area (Å²) >= 11 is 1.46. The molecular weight excluding hydrogens is 485 g/mol. The first-order valence-electron chi connectivity index (χ1n) is 11.7. The van der Waals surface area contributed by atoms with Crippen molar-refractivity contribution in [3.8, 4) is 17.2 Å². The van der Waals surface area contributed by atoms with Crippen molar-refractivity contribution in [1.29, 1.82) is 0 Å². The van der Waals surface area contributed by atoms with E-state index < -0.39 is 0 Å². The number of ether oxygens (including phenoxy) is 4. The highest BCUT2D eigenvalue weighted by Gasteiger charge is 2.20. The van der Waals surface area contributed by atoms with Crippen LogP contribution in [0.15, 0.2) is 47.8 Å². The van der Waals surface area contributed by atoms with E-state index in [9.17, 15) is 9.18 Å². The van der Waals surface area contributed by atoms with Crippen LogP contribution in [-0.4, -0.2) is 74.3 Å². The monoisotopic (exact) mass is 515 g/mol. The quantitative estimate of drug-likeness (QED) is 0.384. The zero-order valence-corrected chi connectivity index (χ0v) is 21.3. The van der Waals surface area contributed by atoms with Crippen molar-refractivity contribution in [3.63, 3.8) is 0 Å². The van der Waals surface area contributed by atoms with Crippen LogP contribution in [0.25, 0.3) is 0 Å². The highest BCUT2D eigenvalue weighted by molar-refractivity contribution is 7.09. The smallest absolute Gasteiger partial charge is 0.254 e. The minimum Gasteiger partial charge on any atom is -0.493 e. The molecule has 1 fully saturated rings. The molecule has 0 saturated carbocycles. The zero-order valence-electron chi connectivity index (χ0n) is 20.4. The molecular formula is C26H30FN3O5S. The second-order valence-corrected chi connectivity index (χ2v) is 9.14. The molecule has 0 aliphatic carbocycles. The van der Waals surface area contributed by atoms with Gasteiger partial charge in [0.1, 0.15) is 17.4 Å². The maximum atomic E-state index is 13.4. The van der Waals surface area contributed by atoms with Crippen LogP contribution in [0.4, 0.5) is 4.39 Å². The van der Waals surface area contributed by atoms with Crippen molar-refractivity contribution in [2.45, 2.75) is 13.2 Å². The molecule has 1 saturated heterocycles. The number of halogens is 1. The minimum atomic E-state index is -0.373. The zero-order chi connectivity index (χ0) is 25.3. The van der Waals surface area contributed by atoms with Crippen molar-refractivity contribution in [3.05, 3.63) is 69.9 Å². The molecule has 192 valence electrons. The second-order valence-electron chi connectivity index (χ2n) is 8.20. The Kier molecular flexibility index (Phi) is 9.10. The third-order valence-electron chi connectivity index (χ3n) is 5.84. The molecule has 8 nitrogen and oxygen atoms in total. The molecule has 4 rings (SSSR count). The first-order chi connectivity index (χ1) is 17.6. The van der Waals surface area contributed by atoms with Crippen LogP contribution in [0.1, 0.15) is 21.1 Å². The number of nitrogens with zero attached hydrogens (tertiary/aromatic N) is 3. The van der Waals surface area contributed by atoms with E-state index in [2.05, 4.69) is 9.88 Å². The van der Waals surface area contributed by atoms with E-state index in [1.165, 1.54) is 35.6 Å². The van der Waals surface area contributed by atoms with Crippen LogP contribution in [0, 0.1) is 5.82 Å². The number of morpholine rings is 1. The van der Waals surface area contributed by atoms with Crippen molar-refractivity contribution < 1.29 is 28.1 Å². The molecule has 1 aliphatic heterocycles. The van der Waals surface area contributed by atoms with Crippen molar-refractivity contribution in [2.24, 2.45) is 0 Å². The van der Waals surface area contributed by atoms with E-state index in [4.69, 9.17) is 18.9 Å². The predicted octanol–water partition coefficient (Wildman–Crippen LogP) is 3.85. The SMILES string of the molecule is COc1cccc(OC)c1OCc1nc(CN(CCN2CCOCC2)C(=O)c2ccc(F)cc2)cs1. The van der Waals surface area contributed by atoms with E-state index in [0.717, 1.165) is 30.3 Å². The number of carbonyl (C=O) groups excluding carboxylic acids is 1. The summed E-state index contributed by atoms with van der Waals surface area (Å²) in [4.78, 5) is 22.0. The first kappa shape index (κ1) is 25.9. The Labute approximate surface area is 214 Å². The molecule has 10 heteroatoms. The summed E-state index contributed by atoms with van der Waals surface area (Å²) < 4.78 is 35.6. The number of hydrogen-bond acceptors (Lipinski definition) is 8. The van der Waals surface area contributed by atoms with Crippen LogP contribution in [0.3, 0.4) is 0 Å². The molecule has 0 spiro atoms. The highest BCUT2D eigenvalue weighted by atomic mass is 32.1. The minimum absolute atomic E-state index is 0.159. The molecule has 0 atom stereocenters. The molecule has 2 heterocycles. The van der Waals surface area contributed by atoms with Crippen LogP contribution in [-0.2, 0) is 17.9 Å². The van der Waals surface area contributed by atoms with Gasteiger partial charge in [-0.15, -0.1) is 11.3 Å². The Bertz CT molecular complexity index is 1110. The number of rotatable bonds is 11. The van der Waals surface area contributed by atoms with Crippen LogP contribution in [0.2, 0.25) is 0 Å². The Morgan fingerprint density at radius 1 is 1.11 bits per heavy atom. The Hall–Kier alpha value is -3.21. The third-order valence-corrected chi connectivity index (χ3v) is 6.71. The summed E-state index contributed by atoms with van der Waals surface area (Å²) in [6.45, 7) is 4.89. The number of amides is 1. The molecule has 36 heavy (non-hydrogen) atoms. The van der Waals surface area contributed by atoms with Gasteiger partial charge in [0, 0.05) is 37.1 Å². The van der Waals surface area contributed by atoms with Crippen molar-refractivity contribution in [1.82, 2.24) is 14.8 Å². The standard InChI is InChI=1S/C26H30FN3O5S/c1-32-22-4-3-5-23(33-2)25(22)35-17-24-28-21(18-36-24)16-30(11-10-29-12-14-34-15-13-29)26(31)19-6-8-20(27)9-7-19/h3-9,18H,10-17H2,1-2H3. The number of para-hydroxylation sites is 1. The number of thiazole rings is 1. The lowest BCUT2D eigenvalue weighted by atomic mass is 10.2. The lowest BCUT2D eigenvalue weighted by molar-refractivity contribution is 0.0319. The topological polar surface area (TPSA) is 73.4 Å². The molecule has 2 aromatic carbocycles. The normalized spacial score (nSPS) is 13.9. The van der Waals surface area contributed by atoms with Gasteiger partial charge >= 0.3 is 0 Å². The van der Waals surface area contributed by atoms with Gasteiger partial charge in [0.05, 0.1) is 39.7 Å². The maximum absolute atomic E-state index is 13.4. The summed E-state index contributed by atoms with van der Waals surface area (Å²) in [5, 5.41) is 2.69. The van der Waals surface area contributed by atoms with Gasteiger partial charge in [-0.2, -0.15) is 0 Å². The fourth-order valence-electron chi connectivity index (χ4n) is 3.89. The molecule has 0 radical (unpaired) electrons.